The second kappa shape index (κ2) is 9.64. The number of benzene rings is 4. The van der Waals surface area contributed by atoms with Crippen molar-refractivity contribution in [2.75, 3.05) is 0 Å². The minimum absolute atomic E-state index is 0.192. The Labute approximate surface area is 230 Å². The van der Waals surface area contributed by atoms with E-state index in [1.54, 1.807) is 24.3 Å². The molecule has 0 N–H and O–H groups in total. The van der Waals surface area contributed by atoms with Crippen LogP contribution in [-0.2, 0) is 19.2 Å². The van der Waals surface area contributed by atoms with E-state index in [0.29, 0.717) is 11.5 Å². The van der Waals surface area contributed by atoms with Crippen molar-refractivity contribution >= 4 is 14.9 Å². The second-order valence-electron chi connectivity index (χ2n) is 10.5. The van der Waals surface area contributed by atoms with Crippen molar-refractivity contribution in [3.8, 4) is 11.5 Å². The molecule has 4 aromatic carbocycles. The third-order valence-electron chi connectivity index (χ3n) is 8.37. The molecule has 0 heterocycles. The molecule has 0 saturated carbocycles. The van der Waals surface area contributed by atoms with Crippen molar-refractivity contribution < 1.29 is 33.6 Å². The third-order valence-corrected chi connectivity index (χ3v) is 22.8. The Morgan fingerprint density at radius 1 is 0.590 bits per heavy atom. The Bertz CT molecular complexity index is 1570. The van der Waals surface area contributed by atoms with Gasteiger partial charge >= 0.3 is 231 Å². The van der Waals surface area contributed by atoms with Crippen LogP contribution in [0.5, 0.6) is 11.5 Å². The van der Waals surface area contributed by atoms with Crippen LogP contribution in [0.2, 0.25) is 0 Å². The van der Waals surface area contributed by atoms with Crippen LogP contribution < -0.4 is 5.63 Å². The van der Waals surface area contributed by atoms with Crippen LogP contribution in [0.15, 0.2) is 109 Å². The van der Waals surface area contributed by atoms with Gasteiger partial charge in [-0.2, -0.15) is 0 Å². The SMILES string of the molecule is C[CH]=[Zr]([O]c1ccc(F)cc1)([O]c1ccc(F)cc1)([CH]1C=C(C)c2ccccc21)[CH]1C=C(C)c2ccccc21. The standard InChI is InChI=1S/2C10H9.2C6H5FO.C2H4.Zr/c2*1-8-6-7-9-4-2-3-5-10(8)9;2*7-5-1-3-6(8)4-2-5;1-2;/h2*2-7H,1H3;2*1-4,8H;1H,2H3;/q;;;;;+2/p-2. The fraction of sp³-hybridized carbons (Fsp3) is 0.147. The van der Waals surface area contributed by atoms with Gasteiger partial charge in [0.2, 0.25) is 0 Å². The first-order chi connectivity index (χ1) is 18.8. The Hall–Kier alpha value is -3.43. The van der Waals surface area contributed by atoms with E-state index in [1.165, 1.54) is 35.4 Å². The zero-order valence-corrected chi connectivity index (χ0v) is 24.7. The molecule has 2 atom stereocenters. The minimum atomic E-state index is -5.44. The van der Waals surface area contributed by atoms with Crippen LogP contribution in [-0.4, -0.2) is 3.71 Å². The molecule has 0 bridgehead atoms. The summed E-state index contributed by atoms with van der Waals surface area (Å²) in [6.45, 7) is 6.28. The first kappa shape index (κ1) is 25.8. The maximum atomic E-state index is 14.0. The molecule has 0 fully saturated rings. The van der Waals surface area contributed by atoms with E-state index < -0.39 is 19.2 Å². The second-order valence-corrected chi connectivity index (χ2v) is 22.3. The van der Waals surface area contributed by atoms with Crippen molar-refractivity contribution in [1.82, 2.24) is 0 Å². The van der Waals surface area contributed by atoms with Crippen molar-refractivity contribution in [3.63, 3.8) is 0 Å². The Morgan fingerprint density at radius 3 is 1.36 bits per heavy atom. The summed E-state index contributed by atoms with van der Waals surface area (Å²) >= 11 is -5.44. The molecular weight excluding hydrogens is 570 g/mol. The van der Waals surface area contributed by atoms with Crippen LogP contribution >= 0.6 is 0 Å². The molecule has 4 aromatic rings. The van der Waals surface area contributed by atoms with Gasteiger partial charge in [-0.25, -0.2) is 0 Å². The van der Waals surface area contributed by atoms with Gasteiger partial charge in [-0.15, -0.1) is 0 Å². The molecule has 2 aliphatic carbocycles. The molecule has 0 amide bonds. The van der Waals surface area contributed by atoms with E-state index in [2.05, 4.69) is 78.2 Å². The van der Waals surface area contributed by atoms with Gasteiger partial charge in [0.15, 0.2) is 0 Å². The zero-order chi connectivity index (χ0) is 27.2. The molecule has 0 aromatic heterocycles. The quantitative estimate of drug-likeness (QED) is 0.220. The van der Waals surface area contributed by atoms with Gasteiger partial charge in [0.05, 0.1) is 0 Å². The van der Waals surface area contributed by atoms with E-state index in [1.807, 2.05) is 6.92 Å². The number of fused-ring (bicyclic) bond motifs is 2. The predicted molar refractivity (Wildman–Crippen MR) is 151 cm³/mol. The average molecular weight is 600 g/mol. The van der Waals surface area contributed by atoms with Gasteiger partial charge in [-0.05, 0) is 0 Å². The summed E-state index contributed by atoms with van der Waals surface area (Å²) in [6, 6.07) is 29.2. The summed E-state index contributed by atoms with van der Waals surface area (Å²) in [6.07, 6.45) is 4.57. The molecule has 39 heavy (non-hydrogen) atoms. The average Bonchev–Trinajstić information content (AvgIpc) is 3.49. The van der Waals surface area contributed by atoms with Gasteiger partial charge in [0, 0.05) is 0 Å². The van der Waals surface area contributed by atoms with Gasteiger partial charge in [0.25, 0.3) is 0 Å². The van der Waals surface area contributed by atoms with Crippen LogP contribution in [0.4, 0.5) is 8.78 Å². The fourth-order valence-electron chi connectivity index (χ4n) is 6.51. The Balaban J connectivity index is 1.72. The molecule has 2 nitrogen and oxygen atoms in total. The van der Waals surface area contributed by atoms with Gasteiger partial charge in [-0.3, -0.25) is 0 Å². The number of halogens is 2. The number of hydrogen-bond donors (Lipinski definition) is 0. The zero-order valence-electron chi connectivity index (χ0n) is 22.2. The Morgan fingerprint density at radius 2 is 0.974 bits per heavy atom. The molecule has 0 aliphatic heterocycles. The molecule has 0 radical (unpaired) electrons. The molecule has 5 heteroatoms. The summed E-state index contributed by atoms with van der Waals surface area (Å²) in [7, 11) is 0. The molecule has 196 valence electrons. The van der Waals surface area contributed by atoms with Crippen molar-refractivity contribution in [3.05, 3.63) is 143 Å². The summed E-state index contributed by atoms with van der Waals surface area (Å²) in [5, 5.41) is 0. The number of hydrogen-bond acceptors (Lipinski definition) is 2. The Kier molecular flexibility index (Phi) is 6.39. The third kappa shape index (κ3) is 4.10. The summed E-state index contributed by atoms with van der Waals surface area (Å²) in [5.41, 5.74) is 6.96. The summed E-state index contributed by atoms with van der Waals surface area (Å²) in [5.74, 6) is 0.434. The van der Waals surface area contributed by atoms with E-state index in [0.717, 1.165) is 22.3 Å². The number of allylic oxidation sites excluding steroid dienone is 4. The normalized spacial score (nSPS) is 18.1. The molecule has 6 rings (SSSR count). The first-order valence-electron chi connectivity index (χ1n) is 13.3. The van der Waals surface area contributed by atoms with E-state index in [4.69, 9.17) is 5.63 Å². The van der Waals surface area contributed by atoms with Crippen LogP contribution in [0.25, 0.3) is 11.1 Å². The molecule has 2 unspecified atom stereocenters. The van der Waals surface area contributed by atoms with Crippen LogP contribution in [0, 0.1) is 11.6 Å². The molecular formula is C34H30F2O2Zr. The van der Waals surface area contributed by atoms with Gasteiger partial charge in [0.1, 0.15) is 0 Å². The predicted octanol–water partition coefficient (Wildman–Crippen LogP) is 9.08. The summed E-state index contributed by atoms with van der Waals surface area (Å²) < 4.78 is 44.7. The topological polar surface area (TPSA) is 18.5 Å². The van der Waals surface area contributed by atoms with Crippen LogP contribution in [0.3, 0.4) is 0 Å². The number of rotatable bonds is 6. The molecule has 2 aliphatic rings. The first-order valence-corrected chi connectivity index (χ1v) is 19.5. The molecule has 0 saturated heterocycles. The van der Waals surface area contributed by atoms with Gasteiger partial charge < -0.3 is 0 Å². The maximum absolute atomic E-state index is 14.0. The van der Waals surface area contributed by atoms with Crippen molar-refractivity contribution in [2.45, 2.75) is 28.0 Å². The fourth-order valence-corrected chi connectivity index (χ4v) is 21.4. The van der Waals surface area contributed by atoms with Crippen molar-refractivity contribution in [2.24, 2.45) is 0 Å². The van der Waals surface area contributed by atoms with E-state index in [9.17, 15) is 8.78 Å². The van der Waals surface area contributed by atoms with Crippen LogP contribution in [0.1, 0.15) is 50.3 Å². The monoisotopic (exact) mass is 598 g/mol. The van der Waals surface area contributed by atoms with E-state index >= 15 is 0 Å². The summed E-state index contributed by atoms with van der Waals surface area (Å²) in [4.78, 5) is 0. The van der Waals surface area contributed by atoms with Crippen molar-refractivity contribution in [1.29, 1.82) is 0 Å². The van der Waals surface area contributed by atoms with E-state index in [-0.39, 0.29) is 18.9 Å². The van der Waals surface area contributed by atoms with Gasteiger partial charge in [-0.1, -0.05) is 0 Å². The molecule has 0 spiro atoms.